The van der Waals surface area contributed by atoms with E-state index in [2.05, 4.69) is 15.5 Å². The molecule has 32 heavy (non-hydrogen) atoms. The summed E-state index contributed by atoms with van der Waals surface area (Å²) in [5, 5.41) is 21.7. The molecule has 0 aliphatic heterocycles. The summed E-state index contributed by atoms with van der Waals surface area (Å²) in [6.07, 6.45) is 1.48. The van der Waals surface area contributed by atoms with Gasteiger partial charge in [-0.05, 0) is 64.9 Å². The zero-order chi connectivity index (χ0) is 22.8. The van der Waals surface area contributed by atoms with Crippen molar-refractivity contribution in [2.75, 3.05) is 7.11 Å². The van der Waals surface area contributed by atoms with E-state index in [9.17, 15) is 13.9 Å². The van der Waals surface area contributed by atoms with Crippen molar-refractivity contribution in [3.8, 4) is 5.75 Å². The van der Waals surface area contributed by atoms with Crippen LogP contribution >= 0.6 is 0 Å². The number of benzene rings is 2. The highest BCUT2D eigenvalue weighted by Gasteiger charge is 2.82. The predicted octanol–water partition coefficient (Wildman–Crippen LogP) is 3.60. The molecule has 2 aromatic carbocycles. The van der Waals surface area contributed by atoms with E-state index in [1.807, 2.05) is 12.1 Å². The third kappa shape index (κ3) is 2.71. The van der Waals surface area contributed by atoms with E-state index in [0.29, 0.717) is 11.8 Å². The maximum absolute atomic E-state index is 16.1. The maximum Gasteiger partial charge on any atom is 0.287 e. The Balaban J connectivity index is 1.49. The van der Waals surface area contributed by atoms with E-state index >= 15 is 8.78 Å². The van der Waals surface area contributed by atoms with Gasteiger partial charge in [-0.2, -0.15) is 0 Å². The molecule has 1 aromatic heterocycles. The Bertz CT molecular complexity index is 1130. The van der Waals surface area contributed by atoms with Gasteiger partial charge in [0.15, 0.2) is 5.60 Å². The molecule has 3 fully saturated rings. The average Bonchev–Trinajstić information content (AvgIpc) is 3.18. The molecule has 3 saturated carbocycles. The van der Waals surface area contributed by atoms with E-state index in [1.54, 1.807) is 19.2 Å². The first-order valence-corrected chi connectivity index (χ1v) is 10.1. The van der Waals surface area contributed by atoms with Crippen molar-refractivity contribution in [3.05, 3.63) is 71.6 Å². The first-order chi connectivity index (χ1) is 15.1. The first kappa shape index (κ1) is 20.9. The second kappa shape index (κ2) is 6.74. The van der Waals surface area contributed by atoms with Crippen LogP contribution in [0.25, 0.3) is 0 Å². The SMILES string of the molecule is COc1ccc(C23CC(C(F)(F)[C@@](O)(Cn4cnnn4)c4ccc(F)cc4F)(C2)C3)cc1. The number of ether oxygens (including phenoxy) is 1. The molecule has 6 nitrogen and oxygen atoms in total. The molecule has 0 amide bonds. The van der Waals surface area contributed by atoms with E-state index in [4.69, 9.17) is 4.74 Å². The minimum atomic E-state index is -3.74. The van der Waals surface area contributed by atoms with Crippen molar-refractivity contribution in [2.24, 2.45) is 5.41 Å². The van der Waals surface area contributed by atoms with E-state index < -0.39 is 46.1 Å². The summed E-state index contributed by atoms with van der Waals surface area (Å²) in [6.45, 7) is -0.785. The largest absolute Gasteiger partial charge is 0.497 e. The molecule has 3 aliphatic carbocycles. The number of tetrazole rings is 1. The van der Waals surface area contributed by atoms with Gasteiger partial charge < -0.3 is 9.84 Å². The molecule has 0 unspecified atom stereocenters. The molecule has 0 radical (unpaired) electrons. The van der Waals surface area contributed by atoms with Crippen molar-refractivity contribution >= 4 is 0 Å². The Labute approximate surface area is 180 Å². The lowest BCUT2D eigenvalue weighted by Crippen LogP contribution is -2.76. The normalized spacial score (nSPS) is 26.1. The van der Waals surface area contributed by atoms with Crippen LogP contribution in [0.5, 0.6) is 5.75 Å². The van der Waals surface area contributed by atoms with Gasteiger partial charge in [0.25, 0.3) is 5.92 Å². The van der Waals surface area contributed by atoms with E-state index in [0.717, 1.165) is 28.7 Å². The van der Waals surface area contributed by atoms with Crippen LogP contribution in [0.4, 0.5) is 17.6 Å². The Hall–Kier alpha value is -3.01. The molecule has 3 aliphatic rings. The van der Waals surface area contributed by atoms with Crippen molar-refractivity contribution < 1.29 is 27.4 Å². The quantitative estimate of drug-likeness (QED) is 0.559. The fraction of sp³-hybridized carbons (Fsp3) is 0.409. The Kier molecular flexibility index (Phi) is 4.40. The van der Waals surface area contributed by atoms with Crippen LogP contribution in [0.3, 0.4) is 0 Å². The van der Waals surface area contributed by atoms with E-state index in [-0.39, 0.29) is 19.3 Å². The summed E-state index contributed by atoms with van der Waals surface area (Å²) in [7, 11) is 1.55. The van der Waals surface area contributed by atoms with E-state index in [1.165, 1.54) is 0 Å². The number of hydrogen-bond donors (Lipinski definition) is 1. The van der Waals surface area contributed by atoms with Crippen LogP contribution in [0.2, 0.25) is 0 Å². The van der Waals surface area contributed by atoms with Crippen LogP contribution in [0.15, 0.2) is 48.8 Å². The lowest BCUT2D eigenvalue weighted by atomic mass is 9.30. The lowest BCUT2D eigenvalue weighted by Gasteiger charge is -2.74. The van der Waals surface area contributed by atoms with Crippen LogP contribution in [-0.2, 0) is 17.6 Å². The third-order valence-corrected chi connectivity index (χ3v) is 7.08. The topological polar surface area (TPSA) is 73.1 Å². The summed E-state index contributed by atoms with van der Waals surface area (Å²) < 4.78 is 66.3. The van der Waals surface area contributed by atoms with Gasteiger partial charge in [0.1, 0.15) is 23.7 Å². The number of rotatable bonds is 7. The molecular formula is C22H20F4N4O2. The van der Waals surface area contributed by atoms with Crippen LogP contribution < -0.4 is 4.74 Å². The van der Waals surface area contributed by atoms with Gasteiger partial charge in [-0.25, -0.2) is 22.2 Å². The van der Waals surface area contributed by atoms with Crippen molar-refractivity contribution in [2.45, 2.75) is 42.7 Å². The molecule has 1 N–H and O–H groups in total. The molecule has 0 spiro atoms. The van der Waals surface area contributed by atoms with Gasteiger partial charge in [0.2, 0.25) is 0 Å². The van der Waals surface area contributed by atoms with Crippen LogP contribution in [0.1, 0.15) is 30.4 Å². The highest BCUT2D eigenvalue weighted by atomic mass is 19.3. The molecule has 1 atom stereocenters. The minimum absolute atomic E-state index is 0.139. The Morgan fingerprint density at radius 2 is 1.78 bits per heavy atom. The Morgan fingerprint density at radius 3 is 2.34 bits per heavy atom. The van der Waals surface area contributed by atoms with Gasteiger partial charge in [0, 0.05) is 17.0 Å². The number of aliphatic hydroxyl groups is 1. The predicted molar refractivity (Wildman–Crippen MR) is 104 cm³/mol. The zero-order valence-corrected chi connectivity index (χ0v) is 17.1. The Morgan fingerprint density at radius 1 is 1.09 bits per heavy atom. The summed E-state index contributed by atoms with van der Waals surface area (Å²) >= 11 is 0. The second-order valence-electron chi connectivity index (χ2n) is 8.89. The van der Waals surface area contributed by atoms with Crippen LogP contribution in [0, 0.1) is 17.0 Å². The molecule has 1 heterocycles. The number of methoxy groups -OCH3 is 1. The van der Waals surface area contributed by atoms with Crippen LogP contribution in [-0.4, -0.2) is 38.3 Å². The number of alkyl halides is 2. The maximum atomic E-state index is 16.1. The molecule has 6 rings (SSSR count). The second-order valence-corrected chi connectivity index (χ2v) is 8.89. The highest BCUT2D eigenvalue weighted by Crippen LogP contribution is 2.80. The summed E-state index contributed by atoms with van der Waals surface area (Å²) in [5.41, 5.74) is -4.67. The van der Waals surface area contributed by atoms with Gasteiger partial charge in [-0.3, -0.25) is 0 Å². The van der Waals surface area contributed by atoms with Gasteiger partial charge in [-0.15, -0.1) is 5.10 Å². The summed E-state index contributed by atoms with van der Waals surface area (Å²) in [4.78, 5) is 0. The van der Waals surface area contributed by atoms with Gasteiger partial charge in [-0.1, -0.05) is 12.1 Å². The lowest BCUT2D eigenvalue weighted by molar-refractivity contribution is -0.347. The zero-order valence-electron chi connectivity index (χ0n) is 17.1. The van der Waals surface area contributed by atoms with Crippen molar-refractivity contribution in [1.29, 1.82) is 0 Å². The fourth-order valence-corrected chi connectivity index (χ4v) is 5.48. The molecule has 10 heteroatoms. The summed E-state index contributed by atoms with van der Waals surface area (Å²) in [6, 6.07) is 9.45. The average molecular weight is 448 g/mol. The van der Waals surface area contributed by atoms with Crippen molar-refractivity contribution in [3.63, 3.8) is 0 Å². The molecular weight excluding hydrogens is 428 g/mol. The number of halogens is 4. The molecule has 168 valence electrons. The first-order valence-electron chi connectivity index (χ1n) is 10.1. The standard InChI is InChI=1S/C22H20F4N4O2/c1-32-16-5-2-14(3-6-16)19-9-20(10-19,11-19)22(25,26)21(31,12-30-13-27-28-29-30)17-7-4-15(23)8-18(17)24/h2-8,13,31H,9-12H2,1H3/t19?,20?,21-/m1/s1. The summed E-state index contributed by atoms with van der Waals surface area (Å²) in [5.74, 6) is -5.25. The van der Waals surface area contributed by atoms with Gasteiger partial charge in [0.05, 0.1) is 13.7 Å². The third-order valence-electron chi connectivity index (χ3n) is 7.08. The smallest absolute Gasteiger partial charge is 0.287 e. The number of aromatic nitrogens is 4. The molecule has 2 bridgehead atoms. The highest BCUT2D eigenvalue weighted by molar-refractivity contribution is 5.44. The fourth-order valence-electron chi connectivity index (χ4n) is 5.48. The molecule has 3 aromatic rings. The number of hydrogen-bond acceptors (Lipinski definition) is 5. The van der Waals surface area contributed by atoms with Crippen molar-refractivity contribution in [1.82, 2.24) is 20.2 Å². The molecule has 0 saturated heterocycles. The monoisotopic (exact) mass is 448 g/mol. The van der Waals surface area contributed by atoms with Gasteiger partial charge >= 0.3 is 0 Å². The minimum Gasteiger partial charge on any atom is -0.497 e. The number of nitrogens with zero attached hydrogens (tertiary/aromatic N) is 4.